The monoisotopic (exact) mass is 236 g/mol. The molecule has 0 unspecified atom stereocenters. The summed E-state index contributed by atoms with van der Waals surface area (Å²) < 4.78 is 2.08. The van der Waals surface area contributed by atoms with Crippen LogP contribution in [0.5, 0.6) is 0 Å². The molecule has 0 radical (unpaired) electrons. The summed E-state index contributed by atoms with van der Waals surface area (Å²) in [5, 5.41) is 10.6. The van der Waals surface area contributed by atoms with Crippen molar-refractivity contribution in [2.45, 2.75) is 30.8 Å². The lowest BCUT2D eigenvalue weighted by molar-refractivity contribution is 0.273. The van der Waals surface area contributed by atoms with Crippen LogP contribution in [0.15, 0.2) is 29.4 Å². The number of hydrogen-bond acceptors (Lipinski definition) is 3. The van der Waals surface area contributed by atoms with Gasteiger partial charge in [-0.25, -0.2) is 4.98 Å². The number of aromatic nitrogens is 2. The summed E-state index contributed by atoms with van der Waals surface area (Å²) in [7, 11) is 0. The Bertz CT molecular complexity index is 479. The number of aliphatic hydroxyl groups excluding tert-OH is 1. The quantitative estimate of drug-likeness (QED) is 0.829. The topological polar surface area (TPSA) is 38.0 Å². The number of hydrogen-bond donors (Lipinski definition) is 1. The third kappa shape index (κ3) is 2.23. The summed E-state index contributed by atoms with van der Waals surface area (Å²) >= 11 is 1.73. The van der Waals surface area contributed by atoms with Crippen molar-refractivity contribution in [3.8, 4) is 0 Å². The van der Waals surface area contributed by atoms with E-state index in [9.17, 15) is 0 Å². The van der Waals surface area contributed by atoms with Crippen LogP contribution in [0.1, 0.15) is 13.8 Å². The van der Waals surface area contributed by atoms with Gasteiger partial charge in [0.15, 0.2) is 5.16 Å². The molecule has 4 heteroatoms. The molecule has 0 saturated carbocycles. The van der Waals surface area contributed by atoms with Crippen LogP contribution in [0, 0.1) is 0 Å². The number of thioether (sulfide) groups is 1. The molecule has 1 heterocycles. The van der Waals surface area contributed by atoms with Crippen LogP contribution in [0.2, 0.25) is 0 Å². The fourth-order valence-corrected chi connectivity index (χ4v) is 2.56. The first kappa shape index (κ1) is 11.5. The third-order valence-electron chi connectivity index (χ3n) is 2.28. The van der Waals surface area contributed by atoms with E-state index in [1.54, 1.807) is 11.8 Å². The zero-order chi connectivity index (χ0) is 11.5. The maximum absolute atomic E-state index is 9.10. The van der Waals surface area contributed by atoms with E-state index >= 15 is 0 Å². The van der Waals surface area contributed by atoms with E-state index in [0.717, 1.165) is 16.2 Å². The van der Waals surface area contributed by atoms with Crippen molar-refractivity contribution in [2.24, 2.45) is 0 Å². The van der Waals surface area contributed by atoms with Gasteiger partial charge in [-0.1, -0.05) is 37.7 Å². The lowest BCUT2D eigenvalue weighted by atomic mass is 10.3. The van der Waals surface area contributed by atoms with Crippen LogP contribution >= 0.6 is 11.8 Å². The fourth-order valence-electron chi connectivity index (χ4n) is 1.67. The second-order valence-corrected chi connectivity index (χ2v) is 5.47. The molecule has 0 saturated heterocycles. The number of fused-ring (bicyclic) bond motifs is 1. The molecule has 2 aromatic rings. The standard InChI is InChI=1S/C12H16N2OS/c1-9(2)16-12-13-10-5-3-4-6-11(10)14(12)7-8-15/h3-6,9,15H,7-8H2,1-2H3. The molecule has 0 aliphatic heterocycles. The molecule has 0 atom stereocenters. The summed E-state index contributed by atoms with van der Waals surface area (Å²) in [5.74, 6) is 0. The summed E-state index contributed by atoms with van der Waals surface area (Å²) in [6.45, 7) is 5.04. The minimum absolute atomic E-state index is 0.145. The molecular weight excluding hydrogens is 220 g/mol. The van der Waals surface area contributed by atoms with Gasteiger partial charge in [-0.2, -0.15) is 0 Å². The lowest BCUT2D eigenvalue weighted by Crippen LogP contribution is -2.04. The number of nitrogens with zero attached hydrogens (tertiary/aromatic N) is 2. The second-order valence-electron chi connectivity index (χ2n) is 3.92. The third-order valence-corrected chi connectivity index (χ3v) is 3.28. The van der Waals surface area contributed by atoms with Crippen LogP contribution in [-0.4, -0.2) is 26.5 Å². The molecule has 1 aromatic carbocycles. The Kier molecular flexibility index (Phi) is 3.51. The zero-order valence-electron chi connectivity index (χ0n) is 9.55. The first-order valence-corrected chi connectivity index (χ1v) is 6.33. The molecule has 0 fully saturated rings. The van der Waals surface area contributed by atoms with Crippen molar-refractivity contribution in [3.05, 3.63) is 24.3 Å². The van der Waals surface area contributed by atoms with Crippen molar-refractivity contribution in [2.75, 3.05) is 6.61 Å². The Morgan fingerprint density at radius 3 is 2.81 bits per heavy atom. The zero-order valence-corrected chi connectivity index (χ0v) is 10.4. The van der Waals surface area contributed by atoms with Crippen LogP contribution in [0.4, 0.5) is 0 Å². The van der Waals surface area contributed by atoms with E-state index in [1.165, 1.54) is 0 Å². The lowest BCUT2D eigenvalue weighted by Gasteiger charge is -2.08. The van der Waals surface area contributed by atoms with E-state index in [2.05, 4.69) is 23.4 Å². The van der Waals surface area contributed by atoms with Crippen LogP contribution in [0.3, 0.4) is 0 Å². The van der Waals surface area contributed by atoms with Gasteiger partial charge in [0.1, 0.15) is 0 Å². The van der Waals surface area contributed by atoms with Crippen molar-refractivity contribution in [1.82, 2.24) is 9.55 Å². The van der Waals surface area contributed by atoms with Crippen LogP contribution < -0.4 is 0 Å². The number of aliphatic hydroxyl groups is 1. The highest BCUT2D eigenvalue weighted by molar-refractivity contribution is 7.99. The number of benzene rings is 1. The van der Waals surface area contributed by atoms with Gasteiger partial charge < -0.3 is 9.67 Å². The molecule has 2 rings (SSSR count). The summed E-state index contributed by atoms with van der Waals surface area (Å²) in [5.41, 5.74) is 2.10. The van der Waals surface area contributed by atoms with Gasteiger partial charge >= 0.3 is 0 Å². The van der Waals surface area contributed by atoms with E-state index in [0.29, 0.717) is 11.8 Å². The molecule has 1 aromatic heterocycles. The van der Waals surface area contributed by atoms with E-state index in [-0.39, 0.29) is 6.61 Å². The molecule has 0 aliphatic carbocycles. The highest BCUT2D eigenvalue weighted by Crippen LogP contribution is 2.26. The maximum atomic E-state index is 9.10. The van der Waals surface area contributed by atoms with Gasteiger partial charge in [-0.05, 0) is 12.1 Å². The first-order chi connectivity index (χ1) is 7.72. The molecular formula is C12H16N2OS. The Balaban J connectivity index is 2.49. The smallest absolute Gasteiger partial charge is 0.169 e. The summed E-state index contributed by atoms with van der Waals surface area (Å²) in [4.78, 5) is 4.59. The molecule has 0 amide bonds. The van der Waals surface area contributed by atoms with Gasteiger partial charge in [0, 0.05) is 11.8 Å². The maximum Gasteiger partial charge on any atom is 0.169 e. The van der Waals surface area contributed by atoms with Gasteiger partial charge in [-0.15, -0.1) is 0 Å². The SMILES string of the molecule is CC(C)Sc1nc2ccccc2n1CCO. The van der Waals surface area contributed by atoms with Gasteiger partial charge in [-0.3, -0.25) is 0 Å². The van der Waals surface area contributed by atoms with Crippen molar-refractivity contribution in [3.63, 3.8) is 0 Å². The Morgan fingerprint density at radius 1 is 1.38 bits per heavy atom. The summed E-state index contributed by atoms with van der Waals surface area (Å²) in [6, 6.07) is 8.04. The first-order valence-electron chi connectivity index (χ1n) is 5.45. The predicted molar refractivity (Wildman–Crippen MR) is 67.8 cm³/mol. The minimum Gasteiger partial charge on any atom is -0.395 e. The van der Waals surface area contributed by atoms with Gasteiger partial charge in [0.25, 0.3) is 0 Å². The number of para-hydroxylation sites is 2. The fraction of sp³-hybridized carbons (Fsp3) is 0.417. The normalized spacial score (nSPS) is 11.5. The Morgan fingerprint density at radius 2 is 2.12 bits per heavy atom. The highest BCUT2D eigenvalue weighted by Gasteiger charge is 2.11. The largest absolute Gasteiger partial charge is 0.395 e. The Labute approximate surface area is 99.5 Å². The van der Waals surface area contributed by atoms with Crippen molar-refractivity contribution >= 4 is 22.8 Å². The van der Waals surface area contributed by atoms with E-state index < -0.39 is 0 Å². The predicted octanol–water partition coefficient (Wildman–Crippen LogP) is 2.53. The average molecular weight is 236 g/mol. The molecule has 0 aliphatic rings. The minimum atomic E-state index is 0.145. The van der Waals surface area contributed by atoms with E-state index in [1.807, 2.05) is 24.3 Å². The second kappa shape index (κ2) is 4.89. The Hall–Kier alpha value is -1.00. The highest BCUT2D eigenvalue weighted by atomic mass is 32.2. The molecule has 1 N–H and O–H groups in total. The molecule has 86 valence electrons. The van der Waals surface area contributed by atoms with Gasteiger partial charge in [0.2, 0.25) is 0 Å². The average Bonchev–Trinajstić information content (AvgIpc) is 2.57. The number of imidazole rings is 1. The van der Waals surface area contributed by atoms with Gasteiger partial charge in [0.05, 0.1) is 17.6 Å². The summed E-state index contributed by atoms with van der Waals surface area (Å²) in [6.07, 6.45) is 0. The molecule has 0 spiro atoms. The van der Waals surface area contributed by atoms with Crippen LogP contribution in [0.25, 0.3) is 11.0 Å². The van der Waals surface area contributed by atoms with Crippen molar-refractivity contribution in [1.29, 1.82) is 0 Å². The molecule has 0 bridgehead atoms. The van der Waals surface area contributed by atoms with Crippen LogP contribution in [-0.2, 0) is 6.54 Å². The molecule has 3 nitrogen and oxygen atoms in total. The number of rotatable bonds is 4. The van der Waals surface area contributed by atoms with E-state index in [4.69, 9.17) is 5.11 Å². The molecule has 16 heavy (non-hydrogen) atoms. The van der Waals surface area contributed by atoms with Crippen molar-refractivity contribution < 1.29 is 5.11 Å².